The highest BCUT2D eigenvalue weighted by Crippen LogP contribution is 2.25. The maximum absolute atomic E-state index is 13.0. The molecular formula is C26H27BrN2O3S. The number of carbonyl (C=O) groups excluding carboxylic acids is 1. The van der Waals surface area contributed by atoms with Gasteiger partial charge in [-0.2, -0.15) is 0 Å². The lowest BCUT2D eigenvalue weighted by Crippen LogP contribution is -2.34. The van der Waals surface area contributed by atoms with Gasteiger partial charge in [0.2, 0.25) is 0 Å². The molecule has 33 heavy (non-hydrogen) atoms. The average molecular weight is 527 g/mol. The third kappa shape index (κ3) is 7.87. The molecule has 0 heterocycles. The van der Waals surface area contributed by atoms with Crippen molar-refractivity contribution in [3.8, 4) is 11.5 Å². The molecule has 0 aliphatic carbocycles. The number of ether oxygens (including phenoxy) is 2. The van der Waals surface area contributed by atoms with Crippen LogP contribution in [0.5, 0.6) is 11.5 Å². The Bertz CT molecular complexity index is 1090. The number of hydrogen-bond donors (Lipinski definition) is 2. The Kier molecular flexibility index (Phi) is 9.27. The normalized spacial score (nSPS) is 10.5. The van der Waals surface area contributed by atoms with Gasteiger partial charge in [0.25, 0.3) is 5.91 Å². The van der Waals surface area contributed by atoms with Crippen LogP contribution in [0, 0.1) is 5.92 Å². The number of hydrogen-bond acceptors (Lipinski definition) is 4. The molecule has 7 heteroatoms. The van der Waals surface area contributed by atoms with Crippen molar-refractivity contribution in [3.05, 3.63) is 88.4 Å². The van der Waals surface area contributed by atoms with Crippen LogP contribution in [-0.2, 0) is 6.42 Å². The maximum atomic E-state index is 13.0. The molecule has 5 nitrogen and oxygen atoms in total. The summed E-state index contributed by atoms with van der Waals surface area (Å²) in [4.78, 5) is 13.0. The van der Waals surface area contributed by atoms with Crippen molar-refractivity contribution < 1.29 is 14.3 Å². The fraction of sp³-hybridized carbons (Fsp3) is 0.231. The Hall–Kier alpha value is -2.90. The van der Waals surface area contributed by atoms with E-state index in [1.54, 1.807) is 12.1 Å². The third-order valence-electron chi connectivity index (χ3n) is 4.61. The average Bonchev–Trinajstić information content (AvgIpc) is 2.80. The van der Waals surface area contributed by atoms with E-state index in [1.807, 2.05) is 60.7 Å². The summed E-state index contributed by atoms with van der Waals surface area (Å²) in [7, 11) is 0. The quantitative estimate of drug-likeness (QED) is 0.323. The summed E-state index contributed by atoms with van der Waals surface area (Å²) in [6.07, 6.45) is 0.741. The molecule has 1 amide bonds. The number of nitrogens with one attached hydrogen (secondary N) is 2. The summed E-state index contributed by atoms with van der Waals surface area (Å²) in [6, 6.07) is 22.9. The Labute approximate surface area is 208 Å². The zero-order valence-electron chi connectivity index (χ0n) is 18.6. The van der Waals surface area contributed by atoms with Crippen LogP contribution in [0.2, 0.25) is 0 Å². The summed E-state index contributed by atoms with van der Waals surface area (Å²) in [5, 5.41) is 5.97. The number of thiocarbonyl (C=S) groups is 1. The van der Waals surface area contributed by atoms with E-state index in [0.29, 0.717) is 41.9 Å². The minimum Gasteiger partial charge on any atom is -0.492 e. The van der Waals surface area contributed by atoms with E-state index >= 15 is 0 Å². The van der Waals surface area contributed by atoms with Crippen molar-refractivity contribution in [1.82, 2.24) is 5.32 Å². The molecule has 0 saturated carbocycles. The van der Waals surface area contributed by atoms with Crippen molar-refractivity contribution in [2.75, 3.05) is 18.5 Å². The second-order valence-electron chi connectivity index (χ2n) is 7.83. The summed E-state index contributed by atoms with van der Waals surface area (Å²) < 4.78 is 12.5. The first kappa shape index (κ1) is 24.7. The summed E-state index contributed by atoms with van der Waals surface area (Å²) >= 11 is 8.81. The number of carbonyl (C=O) groups is 1. The monoisotopic (exact) mass is 526 g/mol. The van der Waals surface area contributed by atoms with E-state index in [9.17, 15) is 4.79 Å². The van der Waals surface area contributed by atoms with Gasteiger partial charge < -0.3 is 14.8 Å². The Morgan fingerprint density at radius 1 is 0.970 bits per heavy atom. The van der Waals surface area contributed by atoms with Gasteiger partial charge in [-0.1, -0.05) is 72.2 Å². The van der Waals surface area contributed by atoms with Crippen LogP contribution >= 0.6 is 28.1 Å². The van der Waals surface area contributed by atoms with E-state index in [1.165, 1.54) is 5.56 Å². The van der Waals surface area contributed by atoms with Gasteiger partial charge in [-0.15, -0.1) is 0 Å². The first-order valence-electron chi connectivity index (χ1n) is 10.7. The predicted octanol–water partition coefficient (Wildman–Crippen LogP) is 6.23. The second kappa shape index (κ2) is 12.4. The van der Waals surface area contributed by atoms with Crippen LogP contribution in [0.15, 0.2) is 77.3 Å². The standard InChI is InChI=1S/C26H27BrN2O3S/c1-18(2)17-32-24-11-7-6-10-22(24)28-26(33)29-25(30)21-16-20(27)12-13-23(21)31-15-14-19-8-4-3-5-9-19/h3-13,16,18H,14-15,17H2,1-2H3,(H2,28,29,30,33). The van der Waals surface area contributed by atoms with E-state index in [0.717, 1.165) is 10.9 Å². The number of anilines is 1. The topological polar surface area (TPSA) is 59.6 Å². The number of rotatable bonds is 9. The molecular weight excluding hydrogens is 500 g/mol. The molecule has 0 spiro atoms. The highest BCUT2D eigenvalue weighted by atomic mass is 79.9. The van der Waals surface area contributed by atoms with Gasteiger partial charge in [-0.05, 0) is 54.0 Å². The lowest BCUT2D eigenvalue weighted by atomic mass is 10.1. The van der Waals surface area contributed by atoms with E-state index in [4.69, 9.17) is 21.7 Å². The van der Waals surface area contributed by atoms with E-state index in [2.05, 4.69) is 40.4 Å². The zero-order valence-corrected chi connectivity index (χ0v) is 21.0. The number of amides is 1. The molecule has 0 fully saturated rings. The first-order valence-corrected chi connectivity index (χ1v) is 11.9. The SMILES string of the molecule is CC(C)COc1ccccc1NC(=S)NC(=O)c1cc(Br)ccc1OCCc1ccccc1. The third-order valence-corrected chi connectivity index (χ3v) is 5.31. The van der Waals surface area contributed by atoms with E-state index in [-0.39, 0.29) is 11.0 Å². The zero-order chi connectivity index (χ0) is 23.6. The van der Waals surface area contributed by atoms with Crippen molar-refractivity contribution >= 4 is 44.9 Å². The van der Waals surface area contributed by atoms with Crippen LogP contribution in [0.3, 0.4) is 0 Å². The molecule has 0 radical (unpaired) electrons. The Morgan fingerprint density at radius 3 is 2.45 bits per heavy atom. The molecule has 0 bridgehead atoms. The van der Waals surface area contributed by atoms with E-state index < -0.39 is 0 Å². The van der Waals surface area contributed by atoms with Gasteiger partial charge in [0.1, 0.15) is 11.5 Å². The molecule has 3 aromatic carbocycles. The highest BCUT2D eigenvalue weighted by Gasteiger charge is 2.16. The van der Waals surface area contributed by atoms with Gasteiger partial charge >= 0.3 is 0 Å². The van der Waals surface area contributed by atoms with Crippen LogP contribution in [0.25, 0.3) is 0 Å². The molecule has 0 saturated heterocycles. The summed E-state index contributed by atoms with van der Waals surface area (Å²) in [5.41, 5.74) is 2.26. The predicted molar refractivity (Wildman–Crippen MR) is 140 cm³/mol. The lowest BCUT2D eigenvalue weighted by Gasteiger charge is -2.16. The van der Waals surface area contributed by atoms with Crippen molar-refractivity contribution in [3.63, 3.8) is 0 Å². The summed E-state index contributed by atoms with van der Waals surface area (Å²) in [6.45, 7) is 5.20. The fourth-order valence-electron chi connectivity index (χ4n) is 3.01. The Balaban J connectivity index is 1.64. The number of benzene rings is 3. The molecule has 0 aliphatic heterocycles. The minimum atomic E-state index is -0.357. The van der Waals surface area contributed by atoms with Gasteiger partial charge in [0, 0.05) is 10.9 Å². The van der Waals surface area contributed by atoms with Gasteiger partial charge in [-0.3, -0.25) is 10.1 Å². The van der Waals surface area contributed by atoms with Gasteiger partial charge in [0.15, 0.2) is 5.11 Å². The largest absolute Gasteiger partial charge is 0.492 e. The van der Waals surface area contributed by atoms with Crippen LogP contribution in [0.4, 0.5) is 5.69 Å². The van der Waals surface area contributed by atoms with Crippen molar-refractivity contribution in [2.24, 2.45) is 5.92 Å². The first-order chi connectivity index (χ1) is 15.9. The molecule has 3 rings (SSSR count). The lowest BCUT2D eigenvalue weighted by molar-refractivity contribution is 0.0973. The maximum Gasteiger partial charge on any atom is 0.261 e. The molecule has 3 aromatic rings. The van der Waals surface area contributed by atoms with Crippen molar-refractivity contribution in [2.45, 2.75) is 20.3 Å². The van der Waals surface area contributed by atoms with Crippen LogP contribution < -0.4 is 20.1 Å². The molecule has 0 aliphatic rings. The Morgan fingerprint density at radius 2 is 1.70 bits per heavy atom. The van der Waals surface area contributed by atoms with Crippen molar-refractivity contribution in [1.29, 1.82) is 0 Å². The minimum absolute atomic E-state index is 0.177. The smallest absolute Gasteiger partial charge is 0.261 e. The van der Waals surface area contributed by atoms with Crippen LogP contribution in [-0.4, -0.2) is 24.2 Å². The number of halogens is 1. The van der Waals surface area contributed by atoms with Gasteiger partial charge in [-0.25, -0.2) is 0 Å². The second-order valence-corrected chi connectivity index (χ2v) is 9.16. The van der Waals surface area contributed by atoms with Gasteiger partial charge in [0.05, 0.1) is 24.5 Å². The molecule has 0 aromatic heterocycles. The highest BCUT2D eigenvalue weighted by molar-refractivity contribution is 9.10. The summed E-state index contributed by atoms with van der Waals surface area (Å²) in [5.74, 6) is 1.20. The number of para-hydroxylation sites is 2. The molecule has 2 N–H and O–H groups in total. The van der Waals surface area contributed by atoms with Crippen LogP contribution in [0.1, 0.15) is 29.8 Å². The molecule has 172 valence electrons. The molecule has 0 atom stereocenters. The fourth-order valence-corrected chi connectivity index (χ4v) is 3.57. The molecule has 0 unspecified atom stereocenters.